The molecule has 20 heavy (non-hydrogen) atoms. The van der Waals surface area contributed by atoms with Crippen molar-refractivity contribution in [3.05, 3.63) is 0 Å². The van der Waals surface area contributed by atoms with Gasteiger partial charge in [-0.2, -0.15) is 0 Å². The first-order valence-corrected chi connectivity index (χ1v) is 7.88. The number of likely N-dealkylation sites (tertiary alicyclic amines) is 1. The molecule has 5 heteroatoms. The van der Waals surface area contributed by atoms with Gasteiger partial charge in [0.2, 0.25) is 11.8 Å². The van der Waals surface area contributed by atoms with Crippen LogP contribution in [0.5, 0.6) is 0 Å². The molecule has 2 amide bonds. The highest BCUT2D eigenvalue weighted by Crippen LogP contribution is 2.32. The molecule has 2 aliphatic carbocycles. The molecule has 0 aromatic carbocycles. The molecule has 0 atom stereocenters. The topological polar surface area (TPSA) is 69.6 Å². The average Bonchev–Trinajstić information content (AvgIpc) is 3.26. The molecular weight excluding hydrogens is 256 g/mol. The first-order chi connectivity index (χ1) is 9.63. The first-order valence-electron chi connectivity index (χ1n) is 7.88. The minimum absolute atomic E-state index is 0.0586. The summed E-state index contributed by atoms with van der Waals surface area (Å²) in [6.07, 6.45) is 5.14. The predicted octanol–water partition coefficient (Wildman–Crippen LogP) is 0.522. The normalized spacial score (nSPS) is 30.8. The smallest absolute Gasteiger partial charge is 0.225 e. The molecule has 3 fully saturated rings. The van der Waals surface area contributed by atoms with Crippen LogP contribution in [0, 0.1) is 17.8 Å². The van der Waals surface area contributed by atoms with Gasteiger partial charge in [0, 0.05) is 31.5 Å². The van der Waals surface area contributed by atoms with Gasteiger partial charge in [-0.1, -0.05) is 0 Å². The van der Waals surface area contributed by atoms with Gasteiger partial charge < -0.3 is 15.3 Å². The zero-order chi connectivity index (χ0) is 14.1. The lowest BCUT2D eigenvalue weighted by Crippen LogP contribution is -2.45. The van der Waals surface area contributed by atoms with Crippen LogP contribution in [0.1, 0.15) is 38.5 Å². The molecule has 0 spiro atoms. The fraction of sp³-hybridized carbons (Fsp3) is 0.867. The Balaban J connectivity index is 1.36. The van der Waals surface area contributed by atoms with E-state index in [0.29, 0.717) is 18.4 Å². The van der Waals surface area contributed by atoms with E-state index < -0.39 is 0 Å². The number of aliphatic hydroxyl groups is 1. The molecular formula is C15H24N2O3. The van der Waals surface area contributed by atoms with E-state index in [1.54, 1.807) is 0 Å². The average molecular weight is 280 g/mol. The highest BCUT2D eigenvalue weighted by molar-refractivity contribution is 5.82. The molecule has 0 aromatic rings. The molecule has 1 heterocycles. The SMILES string of the molecule is O=C(NCC1CC(O)C1)C1CCN(C(=O)C2CC2)CC1. The number of hydrogen-bond acceptors (Lipinski definition) is 3. The predicted molar refractivity (Wildman–Crippen MR) is 73.8 cm³/mol. The number of carbonyl (C=O) groups excluding carboxylic acids is 2. The third-order valence-corrected chi connectivity index (χ3v) is 4.88. The van der Waals surface area contributed by atoms with Gasteiger partial charge in [0.05, 0.1) is 6.10 Å². The van der Waals surface area contributed by atoms with Crippen molar-refractivity contribution in [3.63, 3.8) is 0 Å². The van der Waals surface area contributed by atoms with Gasteiger partial charge in [-0.15, -0.1) is 0 Å². The third kappa shape index (κ3) is 3.14. The number of hydrogen-bond donors (Lipinski definition) is 2. The molecule has 0 radical (unpaired) electrons. The lowest BCUT2D eigenvalue weighted by atomic mass is 9.82. The molecule has 5 nitrogen and oxygen atoms in total. The lowest BCUT2D eigenvalue weighted by molar-refractivity contribution is -0.136. The van der Waals surface area contributed by atoms with Crippen molar-refractivity contribution in [1.82, 2.24) is 10.2 Å². The summed E-state index contributed by atoms with van der Waals surface area (Å²) in [5.74, 6) is 1.22. The Kier molecular flexibility index (Phi) is 3.96. The fourth-order valence-corrected chi connectivity index (χ4v) is 3.21. The van der Waals surface area contributed by atoms with Crippen molar-refractivity contribution in [2.45, 2.75) is 44.6 Å². The minimum Gasteiger partial charge on any atom is -0.393 e. The second-order valence-electron chi connectivity index (χ2n) is 6.61. The second kappa shape index (κ2) is 5.72. The van der Waals surface area contributed by atoms with E-state index in [1.165, 1.54) is 0 Å². The van der Waals surface area contributed by atoms with Crippen LogP contribution in [0.15, 0.2) is 0 Å². The van der Waals surface area contributed by atoms with E-state index in [9.17, 15) is 14.7 Å². The maximum absolute atomic E-state index is 12.1. The van der Waals surface area contributed by atoms with Crippen LogP contribution in [0.2, 0.25) is 0 Å². The van der Waals surface area contributed by atoms with E-state index in [1.807, 2.05) is 4.90 Å². The van der Waals surface area contributed by atoms with Crippen LogP contribution in [0.25, 0.3) is 0 Å². The number of amides is 2. The maximum atomic E-state index is 12.1. The first kappa shape index (κ1) is 13.9. The summed E-state index contributed by atoms with van der Waals surface area (Å²) in [5.41, 5.74) is 0. The van der Waals surface area contributed by atoms with E-state index in [-0.39, 0.29) is 23.8 Å². The molecule has 0 aromatic heterocycles. The molecule has 2 N–H and O–H groups in total. The lowest BCUT2D eigenvalue weighted by Gasteiger charge is -2.34. The second-order valence-corrected chi connectivity index (χ2v) is 6.61. The molecule has 1 saturated heterocycles. The van der Waals surface area contributed by atoms with Crippen LogP contribution in [-0.2, 0) is 9.59 Å². The summed E-state index contributed by atoms with van der Waals surface area (Å²) in [7, 11) is 0. The largest absolute Gasteiger partial charge is 0.393 e. The molecule has 3 rings (SSSR count). The van der Waals surface area contributed by atoms with Crippen LogP contribution in [0.3, 0.4) is 0 Å². The summed E-state index contributed by atoms with van der Waals surface area (Å²) in [6, 6.07) is 0. The van der Waals surface area contributed by atoms with Gasteiger partial charge in [-0.3, -0.25) is 9.59 Å². The molecule has 0 unspecified atom stereocenters. The van der Waals surface area contributed by atoms with E-state index in [2.05, 4.69) is 5.32 Å². The molecule has 112 valence electrons. The zero-order valence-electron chi connectivity index (χ0n) is 11.9. The van der Waals surface area contributed by atoms with E-state index in [4.69, 9.17) is 0 Å². The van der Waals surface area contributed by atoms with Crippen molar-refractivity contribution < 1.29 is 14.7 Å². The summed E-state index contributed by atoms with van der Waals surface area (Å²) in [4.78, 5) is 25.9. The van der Waals surface area contributed by atoms with Crippen molar-refractivity contribution in [3.8, 4) is 0 Å². The van der Waals surface area contributed by atoms with Gasteiger partial charge >= 0.3 is 0 Å². The van der Waals surface area contributed by atoms with Crippen LogP contribution < -0.4 is 5.32 Å². The van der Waals surface area contributed by atoms with Crippen LogP contribution >= 0.6 is 0 Å². The van der Waals surface area contributed by atoms with Gasteiger partial charge in [-0.25, -0.2) is 0 Å². The Bertz CT molecular complexity index is 381. The van der Waals surface area contributed by atoms with Gasteiger partial charge in [-0.05, 0) is 44.4 Å². The fourth-order valence-electron chi connectivity index (χ4n) is 3.21. The Morgan fingerprint density at radius 2 is 1.70 bits per heavy atom. The van der Waals surface area contributed by atoms with Crippen molar-refractivity contribution >= 4 is 11.8 Å². The quantitative estimate of drug-likeness (QED) is 0.789. The van der Waals surface area contributed by atoms with Crippen LogP contribution in [-0.4, -0.2) is 47.6 Å². The van der Waals surface area contributed by atoms with Crippen molar-refractivity contribution in [2.75, 3.05) is 19.6 Å². The molecule has 3 aliphatic rings. The Hall–Kier alpha value is -1.10. The van der Waals surface area contributed by atoms with Crippen molar-refractivity contribution in [2.24, 2.45) is 17.8 Å². The highest BCUT2D eigenvalue weighted by Gasteiger charge is 2.36. The monoisotopic (exact) mass is 280 g/mol. The van der Waals surface area contributed by atoms with Gasteiger partial charge in [0.15, 0.2) is 0 Å². The number of nitrogens with zero attached hydrogens (tertiary/aromatic N) is 1. The highest BCUT2D eigenvalue weighted by atomic mass is 16.3. The molecule has 1 aliphatic heterocycles. The Morgan fingerprint density at radius 1 is 1.05 bits per heavy atom. The van der Waals surface area contributed by atoms with Crippen molar-refractivity contribution in [1.29, 1.82) is 0 Å². The molecule has 2 saturated carbocycles. The van der Waals surface area contributed by atoms with Gasteiger partial charge in [0.1, 0.15) is 0 Å². The number of carbonyl (C=O) groups is 2. The number of piperidine rings is 1. The maximum Gasteiger partial charge on any atom is 0.225 e. The number of nitrogens with one attached hydrogen (secondary N) is 1. The third-order valence-electron chi connectivity index (χ3n) is 4.88. The standard InChI is InChI=1S/C15H24N2O3/c18-13-7-10(8-13)9-16-14(19)11-3-5-17(6-4-11)15(20)12-1-2-12/h10-13,18H,1-9H2,(H,16,19). The van der Waals surface area contributed by atoms with E-state index >= 15 is 0 Å². The molecule has 0 bridgehead atoms. The van der Waals surface area contributed by atoms with Crippen LogP contribution in [0.4, 0.5) is 0 Å². The summed E-state index contributed by atoms with van der Waals surface area (Å²) in [5, 5.41) is 12.2. The Labute approximate surface area is 119 Å². The minimum atomic E-state index is -0.159. The number of aliphatic hydroxyl groups excluding tert-OH is 1. The number of rotatable bonds is 4. The van der Waals surface area contributed by atoms with E-state index in [0.717, 1.165) is 51.6 Å². The summed E-state index contributed by atoms with van der Waals surface area (Å²) >= 11 is 0. The zero-order valence-corrected chi connectivity index (χ0v) is 11.9. The Morgan fingerprint density at radius 3 is 2.25 bits per heavy atom. The summed E-state index contributed by atoms with van der Waals surface area (Å²) < 4.78 is 0. The van der Waals surface area contributed by atoms with Gasteiger partial charge in [0.25, 0.3) is 0 Å². The summed E-state index contributed by atoms with van der Waals surface area (Å²) in [6.45, 7) is 2.15.